The molecule has 3 rings (SSSR count). The van der Waals surface area contributed by atoms with Crippen LogP contribution in [0.4, 0.5) is 0 Å². The maximum absolute atomic E-state index is 13.5. The number of hydrogen-bond donors (Lipinski definition) is 2. The molecule has 1 amide bonds. The number of H-pyrrole nitrogens is 1. The Labute approximate surface area is 185 Å². The second-order valence-electron chi connectivity index (χ2n) is 8.97. The van der Waals surface area contributed by atoms with Crippen molar-refractivity contribution < 1.29 is 22.7 Å². The Morgan fingerprint density at radius 2 is 1.81 bits per heavy atom. The topological polar surface area (TPSA) is 109 Å². The Balaban J connectivity index is 1.77. The summed E-state index contributed by atoms with van der Waals surface area (Å²) in [6.07, 6.45) is 5.45. The molecule has 2 aliphatic rings. The van der Waals surface area contributed by atoms with Crippen LogP contribution in [-0.4, -0.2) is 55.3 Å². The Morgan fingerprint density at radius 1 is 1.13 bits per heavy atom. The van der Waals surface area contributed by atoms with Gasteiger partial charge in [0.15, 0.2) is 0 Å². The minimum atomic E-state index is -3.95. The molecule has 9 heteroatoms. The third kappa shape index (κ3) is 5.14. The highest BCUT2D eigenvalue weighted by Crippen LogP contribution is 2.31. The fraction of sp³-hybridized carbons (Fsp3) is 0.727. The summed E-state index contributed by atoms with van der Waals surface area (Å²) in [5.74, 6) is -0.396. The number of amides is 1. The van der Waals surface area contributed by atoms with E-state index in [4.69, 9.17) is 4.74 Å². The van der Waals surface area contributed by atoms with Gasteiger partial charge in [0.25, 0.3) is 0 Å². The Bertz CT molecular complexity index is 916. The fourth-order valence-corrected chi connectivity index (χ4v) is 6.69. The minimum Gasteiger partial charge on any atom is -0.462 e. The molecule has 0 unspecified atom stereocenters. The molecule has 1 aromatic rings. The van der Waals surface area contributed by atoms with Crippen molar-refractivity contribution in [1.82, 2.24) is 14.6 Å². The van der Waals surface area contributed by atoms with E-state index in [9.17, 15) is 18.0 Å². The molecule has 1 saturated carbocycles. The number of ether oxygens (including phenoxy) is 1. The van der Waals surface area contributed by atoms with E-state index in [0.717, 1.165) is 25.7 Å². The van der Waals surface area contributed by atoms with Crippen molar-refractivity contribution in [2.75, 3.05) is 19.7 Å². The lowest BCUT2D eigenvalue weighted by Crippen LogP contribution is -2.48. The number of esters is 1. The van der Waals surface area contributed by atoms with Gasteiger partial charge in [-0.3, -0.25) is 4.79 Å². The minimum absolute atomic E-state index is 0.0363. The zero-order valence-electron chi connectivity index (χ0n) is 19.0. The molecule has 1 aliphatic heterocycles. The van der Waals surface area contributed by atoms with Crippen LogP contribution in [0.25, 0.3) is 0 Å². The molecule has 1 atom stereocenters. The van der Waals surface area contributed by atoms with E-state index in [0.29, 0.717) is 36.7 Å². The average molecular weight is 454 g/mol. The van der Waals surface area contributed by atoms with Gasteiger partial charge in [-0.05, 0) is 65.2 Å². The van der Waals surface area contributed by atoms with Crippen LogP contribution in [-0.2, 0) is 19.6 Å². The first kappa shape index (κ1) is 23.8. The number of hydrogen-bond acceptors (Lipinski definition) is 5. The molecule has 1 saturated heterocycles. The van der Waals surface area contributed by atoms with Crippen LogP contribution >= 0.6 is 0 Å². The lowest BCUT2D eigenvalue weighted by Gasteiger charge is -2.33. The fourth-order valence-electron chi connectivity index (χ4n) is 4.76. The van der Waals surface area contributed by atoms with Crippen molar-refractivity contribution in [1.29, 1.82) is 0 Å². The molecule has 0 aromatic carbocycles. The molecule has 1 aromatic heterocycles. The van der Waals surface area contributed by atoms with E-state index in [1.165, 1.54) is 4.31 Å². The van der Waals surface area contributed by atoms with Crippen LogP contribution in [0.15, 0.2) is 4.90 Å². The molecule has 8 nitrogen and oxygen atoms in total. The van der Waals surface area contributed by atoms with Crippen LogP contribution in [0.5, 0.6) is 0 Å². The summed E-state index contributed by atoms with van der Waals surface area (Å²) in [4.78, 5) is 28.3. The predicted octanol–water partition coefficient (Wildman–Crippen LogP) is 2.90. The summed E-state index contributed by atoms with van der Waals surface area (Å²) in [6, 6.07) is 0.181. The van der Waals surface area contributed by atoms with Gasteiger partial charge in [-0.1, -0.05) is 6.92 Å². The van der Waals surface area contributed by atoms with E-state index in [1.807, 2.05) is 0 Å². The predicted molar refractivity (Wildman–Crippen MR) is 117 cm³/mol. The number of aromatic amines is 1. The van der Waals surface area contributed by atoms with E-state index in [-0.39, 0.29) is 41.5 Å². The average Bonchev–Trinajstić information content (AvgIpc) is 3.04. The Morgan fingerprint density at radius 3 is 2.45 bits per heavy atom. The summed E-state index contributed by atoms with van der Waals surface area (Å²) in [5, 5.41) is 3.14. The van der Waals surface area contributed by atoms with Crippen LogP contribution < -0.4 is 5.32 Å². The summed E-state index contributed by atoms with van der Waals surface area (Å²) in [6.45, 7) is 7.84. The normalized spacial score (nSPS) is 25.2. The summed E-state index contributed by atoms with van der Waals surface area (Å²) >= 11 is 0. The van der Waals surface area contributed by atoms with Gasteiger partial charge < -0.3 is 15.0 Å². The van der Waals surface area contributed by atoms with Crippen molar-refractivity contribution in [2.45, 2.75) is 77.2 Å². The quantitative estimate of drug-likeness (QED) is 0.644. The van der Waals surface area contributed by atoms with Gasteiger partial charge in [0.2, 0.25) is 15.9 Å². The van der Waals surface area contributed by atoms with E-state index in [2.05, 4.69) is 17.2 Å². The summed E-state index contributed by atoms with van der Waals surface area (Å²) < 4.78 is 33.5. The highest BCUT2D eigenvalue weighted by Gasteiger charge is 2.38. The monoisotopic (exact) mass is 453 g/mol. The lowest BCUT2D eigenvalue weighted by molar-refractivity contribution is -0.127. The van der Waals surface area contributed by atoms with Gasteiger partial charge in [0, 0.05) is 30.5 Å². The standard InChI is InChI=1S/C22H35N3O5S/c1-5-30-22(27)19-15(3)23-16(4)20(19)31(28,29)25-12-6-7-17(13-25)21(26)24-18-10-8-14(2)9-11-18/h14,17-18,23H,5-13H2,1-4H3,(H,24,26)/t14?,17-,18?/m0/s1. The van der Waals surface area contributed by atoms with Gasteiger partial charge in [0.1, 0.15) is 10.5 Å². The van der Waals surface area contributed by atoms with Crippen LogP contribution in [0.2, 0.25) is 0 Å². The molecule has 2 N–H and O–H groups in total. The van der Waals surface area contributed by atoms with Gasteiger partial charge in [-0.25, -0.2) is 13.2 Å². The molecule has 174 valence electrons. The molecule has 1 aliphatic carbocycles. The molecule has 31 heavy (non-hydrogen) atoms. The molecule has 2 heterocycles. The molecule has 0 radical (unpaired) electrons. The van der Waals surface area contributed by atoms with Gasteiger partial charge in [-0.15, -0.1) is 0 Å². The molecule has 2 fully saturated rings. The third-order valence-electron chi connectivity index (χ3n) is 6.51. The van der Waals surface area contributed by atoms with Gasteiger partial charge in [0.05, 0.1) is 12.5 Å². The highest BCUT2D eigenvalue weighted by molar-refractivity contribution is 7.89. The Hall–Kier alpha value is -1.87. The first-order chi connectivity index (χ1) is 14.6. The number of sulfonamides is 1. The molecular formula is C22H35N3O5S. The number of rotatable bonds is 6. The van der Waals surface area contributed by atoms with Crippen molar-refractivity contribution in [3.63, 3.8) is 0 Å². The lowest BCUT2D eigenvalue weighted by atomic mass is 9.87. The van der Waals surface area contributed by atoms with Gasteiger partial charge >= 0.3 is 5.97 Å². The maximum atomic E-state index is 13.5. The first-order valence-electron chi connectivity index (χ1n) is 11.3. The van der Waals surface area contributed by atoms with Crippen molar-refractivity contribution in [2.24, 2.45) is 11.8 Å². The van der Waals surface area contributed by atoms with Crippen LogP contribution in [0, 0.1) is 25.7 Å². The van der Waals surface area contributed by atoms with E-state index in [1.54, 1.807) is 20.8 Å². The number of piperidine rings is 1. The Kier molecular flexibility index (Phi) is 7.47. The number of nitrogens with one attached hydrogen (secondary N) is 2. The number of aromatic nitrogens is 1. The zero-order valence-corrected chi connectivity index (χ0v) is 19.8. The van der Waals surface area contributed by atoms with Crippen molar-refractivity contribution in [3.8, 4) is 0 Å². The maximum Gasteiger partial charge on any atom is 0.341 e. The molecular weight excluding hydrogens is 418 g/mol. The largest absolute Gasteiger partial charge is 0.462 e. The first-order valence-corrected chi connectivity index (χ1v) is 12.8. The van der Waals surface area contributed by atoms with E-state index >= 15 is 0 Å². The number of nitrogens with zero attached hydrogens (tertiary/aromatic N) is 1. The van der Waals surface area contributed by atoms with Crippen molar-refractivity contribution in [3.05, 3.63) is 17.0 Å². The zero-order chi connectivity index (χ0) is 22.8. The second kappa shape index (κ2) is 9.73. The second-order valence-corrected chi connectivity index (χ2v) is 10.8. The highest BCUT2D eigenvalue weighted by atomic mass is 32.2. The number of carbonyl (C=O) groups is 2. The number of carbonyl (C=O) groups excluding carboxylic acids is 2. The van der Waals surface area contributed by atoms with Crippen LogP contribution in [0.1, 0.15) is 74.1 Å². The van der Waals surface area contributed by atoms with Gasteiger partial charge in [-0.2, -0.15) is 4.31 Å². The van der Waals surface area contributed by atoms with Crippen molar-refractivity contribution >= 4 is 21.9 Å². The SMILES string of the molecule is CCOC(=O)c1c(C)[nH]c(C)c1S(=O)(=O)N1CCC[C@H](C(=O)NC2CCC(C)CC2)C1. The summed E-state index contributed by atoms with van der Waals surface area (Å²) in [7, 11) is -3.95. The molecule has 0 spiro atoms. The number of aryl methyl sites for hydroxylation is 2. The third-order valence-corrected chi connectivity index (χ3v) is 8.55. The van der Waals surface area contributed by atoms with Crippen LogP contribution in [0.3, 0.4) is 0 Å². The smallest absolute Gasteiger partial charge is 0.341 e. The van der Waals surface area contributed by atoms with E-state index < -0.39 is 16.0 Å². The summed E-state index contributed by atoms with van der Waals surface area (Å²) in [5.41, 5.74) is 0.929. The molecule has 0 bridgehead atoms.